The first-order chi connectivity index (χ1) is 7.45. The van der Waals surface area contributed by atoms with Gasteiger partial charge in [-0.25, -0.2) is 0 Å². The summed E-state index contributed by atoms with van der Waals surface area (Å²) in [6.07, 6.45) is 0. The molecule has 0 bridgehead atoms. The molecule has 0 fully saturated rings. The summed E-state index contributed by atoms with van der Waals surface area (Å²) < 4.78 is 1.06. The number of hydrogen-bond acceptors (Lipinski definition) is 3. The van der Waals surface area contributed by atoms with Gasteiger partial charge in [0, 0.05) is 14.7 Å². The zero-order chi connectivity index (χ0) is 12.2. The Labute approximate surface area is 109 Å². The number of halogens is 1. The van der Waals surface area contributed by atoms with Gasteiger partial charge in [-0.2, -0.15) is 0 Å². The summed E-state index contributed by atoms with van der Waals surface area (Å²) in [6.45, 7) is 7.13. The number of carbonyl (C=O) groups is 1. The van der Waals surface area contributed by atoms with Crippen molar-refractivity contribution in [2.75, 3.05) is 6.54 Å². The van der Waals surface area contributed by atoms with E-state index < -0.39 is 5.54 Å². The quantitative estimate of drug-likeness (QED) is 0.877. The van der Waals surface area contributed by atoms with Gasteiger partial charge in [-0.15, -0.1) is 11.3 Å². The molecule has 0 aliphatic heterocycles. The highest BCUT2D eigenvalue weighted by Gasteiger charge is 2.25. The highest BCUT2D eigenvalue weighted by molar-refractivity contribution is 9.10. The number of likely N-dealkylation sites (N-methyl/N-ethyl adjacent to an activating group) is 1. The van der Waals surface area contributed by atoms with Crippen molar-refractivity contribution < 1.29 is 4.79 Å². The standard InChI is InChI=1S/C11H17BrN2OS/c1-4-14-11(2,3)10(15)13-6-9-5-8(12)7-16-9/h5,7,14H,4,6H2,1-3H3,(H,13,15). The lowest BCUT2D eigenvalue weighted by atomic mass is 10.0. The van der Waals surface area contributed by atoms with Gasteiger partial charge in [0.25, 0.3) is 0 Å². The van der Waals surface area contributed by atoms with Gasteiger partial charge in [-0.05, 0) is 42.4 Å². The summed E-state index contributed by atoms with van der Waals surface area (Å²) in [7, 11) is 0. The van der Waals surface area contributed by atoms with Crippen molar-refractivity contribution in [3.63, 3.8) is 0 Å². The fourth-order valence-electron chi connectivity index (χ4n) is 1.36. The molecule has 0 aliphatic carbocycles. The minimum atomic E-state index is -0.511. The summed E-state index contributed by atoms with van der Waals surface area (Å²) in [5.74, 6) is 0.0267. The Kier molecular flexibility index (Phi) is 4.95. The summed E-state index contributed by atoms with van der Waals surface area (Å²) in [5, 5.41) is 8.08. The van der Waals surface area contributed by atoms with Gasteiger partial charge in [0.15, 0.2) is 0 Å². The predicted molar refractivity (Wildman–Crippen MR) is 71.6 cm³/mol. The smallest absolute Gasteiger partial charge is 0.240 e. The largest absolute Gasteiger partial charge is 0.350 e. The van der Waals surface area contributed by atoms with Crippen LogP contribution in [0.4, 0.5) is 0 Å². The van der Waals surface area contributed by atoms with E-state index in [1.165, 1.54) is 0 Å². The van der Waals surface area contributed by atoms with Gasteiger partial charge in [0.05, 0.1) is 12.1 Å². The van der Waals surface area contributed by atoms with Crippen LogP contribution in [0.2, 0.25) is 0 Å². The molecular formula is C11H17BrN2OS. The van der Waals surface area contributed by atoms with E-state index in [4.69, 9.17) is 0 Å². The van der Waals surface area contributed by atoms with E-state index in [0.717, 1.165) is 15.9 Å². The zero-order valence-electron chi connectivity index (χ0n) is 9.76. The summed E-state index contributed by atoms with van der Waals surface area (Å²) >= 11 is 5.02. The van der Waals surface area contributed by atoms with Crippen LogP contribution >= 0.6 is 27.3 Å². The van der Waals surface area contributed by atoms with Crippen molar-refractivity contribution >= 4 is 33.2 Å². The molecule has 3 nitrogen and oxygen atoms in total. The second-order valence-corrected chi connectivity index (χ2v) is 5.98. The van der Waals surface area contributed by atoms with Crippen molar-refractivity contribution in [3.05, 3.63) is 20.8 Å². The number of carbonyl (C=O) groups excluding carboxylic acids is 1. The second kappa shape index (κ2) is 5.80. The fourth-order valence-corrected chi connectivity index (χ4v) is 2.75. The molecule has 0 saturated heterocycles. The van der Waals surface area contributed by atoms with E-state index in [0.29, 0.717) is 6.54 Å². The van der Waals surface area contributed by atoms with Gasteiger partial charge < -0.3 is 10.6 Å². The van der Waals surface area contributed by atoms with Gasteiger partial charge >= 0.3 is 0 Å². The monoisotopic (exact) mass is 304 g/mol. The van der Waals surface area contributed by atoms with Crippen LogP contribution in [0, 0.1) is 0 Å². The molecule has 0 saturated carbocycles. The van der Waals surface area contributed by atoms with Crippen molar-refractivity contribution in [3.8, 4) is 0 Å². The molecule has 1 aromatic heterocycles. The number of nitrogens with one attached hydrogen (secondary N) is 2. The van der Waals surface area contributed by atoms with Crippen LogP contribution in [0.15, 0.2) is 15.9 Å². The third-order valence-electron chi connectivity index (χ3n) is 2.23. The molecule has 1 aromatic rings. The van der Waals surface area contributed by atoms with Crippen LogP contribution in [-0.4, -0.2) is 18.0 Å². The third kappa shape index (κ3) is 3.88. The molecule has 1 rings (SSSR count). The predicted octanol–water partition coefficient (Wildman–Crippen LogP) is 2.51. The van der Waals surface area contributed by atoms with Crippen LogP contribution < -0.4 is 10.6 Å². The van der Waals surface area contributed by atoms with E-state index in [2.05, 4.69) is 26.6 Å². The Morgan fingerprint density at radius 3 is 2.75 bits per heavy atom. The van der Waals surface area contributed by atoms with Crippen molar-refractivity contribution in [2.45, 2.75) is 32.9 Å². The van der Waals surface area contributed by atoms with Crippen LogP contribution in [0.3, 0.4) is 0 Å². The second-order valence-electron chi connectivity index (χ2n) is 4.07. The van der Waals surface area contributed by atoms with E-state index >= 15 is 0 Å². The minimum absolute atomic E-state index is 0.0267. The molecule has 90 valence electrons. The third-order valence-corrected chi connectivity index (χ3v) is 3.93. The molecule has 2 N–H and O–H groups in total. The van der Waals surface area contributed by atoms with Crippen molar-refractivity contribution in [2.24, 2.45) is 0 Å². The zero-order valence-corrected chi connectivity index (χ0v) is 12.2. The van der Waals surface area contributed by atoms with E-state index in [1.807, 2.05) is 32.2 Å². The minimum Gasteiger partial charge on any atom is -0.350 e. The number of hydrogen-bond donors (Lipinski definition) is 2. The summed E-state index contributed by atoms with van der Waals surface area (Å²) in [4.78, 5) is 13.0. The Bertz CT molecular complexity index is 363. The Morgan fingerprint density at radius 1 is 1.56 bits per heavy atom. The van der Waals surface area contributed by atoms with Gasteiger partial charge in [-0.3, -0.25) is 4.79 Å². The average molecular weight is 305 g/mol. The van der Waals surface area contributed by atoms with Crippen LogP contribution in [0.25, 0.3) is 0 Å². The molecule has 1 heterocycles. The van der Waals surface area contributed by atoms with Gasteiger partial charge in [0.2, 0.25) is 5.91 Å². The molecule has 1 amide bonds. The SMILES string of the molecule is CCNC(C)(C)C(=O)NCc1cc(Br)cs1. The topological polar surface area (TPSA) is 41.1 Å². The molecule has 0 aliphatic rings. The van der Waals surface area contributed by atoms with Gasteiger partial charge in [0.1, 0.15) is 0 Å². The molecule has 0 radical (unpaired) electrons. The lowest BCUT2D eigenvalue weighted by molar-refractivity contribution is -0.126. The molecule has 16 heavy (non-hydrogen) atoms. The maximum Gasteiger partial charge on any atom is 0.240 e. The molecule has 5 heteroatoms. The van der Waals surface area contributed by atoms with E-state index in [-0.39, 0.29) is 5.91 Å². The fraction of sp³-hybridized carbons (Fsp3) is 0.545. The van der Waals surface area contributed by atoms with E-state index in [1.54, 1.807) is 11.3 Å². The molecular weight excluding hydrogens is 288 g/mol. The maximum absolute atomic E-state index is 11.9. The molecule has 0 aromatic carbocycles. The number of amides is 1. The molecule has 0 spiro atoms. The van der Waals surface area contributed by atoms with Crippen molar-refractivity contribution in [1.29, 1.82) is 0 Å². The lowest BCUT2D eigenvalue weighted by Gasteiger charge is -2.24. The van der Waals surface area contributed by atoms with Crippen LogP contribution in [-0.2, 0) is 11.3 Å². The van der Waals surface area contributed by atoms with Crippen molar-refractivity contribution in [1.82, 2.24) is 10.6 Å². The summed E-state index contributed by atoms with van der Waals surface area (Å²) in [5.41, 5.74) is -0.511. The van der Waals surface area contributed by atoms with Crippen LogP contribution in [0.1, 0.15) is 25.6 Å². The average Bonchev–Trinajstić information content (AvgIpc) is 2.60. The first-order valence-electron chi connectivity index (χ1n) is 5.22. The number of rotatable bonds is 5. The first-order valence-corrected chi connectivity index (χ1v) is 6.89. The highest BCUT2D eigenvalue weighted by Crippen LogP contribution is 2.19. The van der Waals surface area contributed by atoms with E-state index in [9.17, 15) is 4.79 Å². The first kappa shape index (κ1) is 13.7. The summed E-state index contributed by atoms with van der Waals surface area (Å²) in [6, 6.07) is 2.02. The normalized spacial score (nSPS) is 11.5. The number of thiophene rings is 1. The maximum atomic E-state index is 11.9. The van der Waals surface area contributed by atoms with Gasteiger partial charge in [-0.1, -0.05) is 6.92 Å². The lowest BCUT2D eigenvalue weighted by Crippen LogP contribution is -2.52. The Morgan fingerprint density at radius 2 is 2.25 bits per heavy atom. The Hall–Kier alpha value is -0.390. The molecule has 0 atom stereocenters. The highest BCUT2D eigenvalue weighted by atomic mass is 79.9. The molecule has 0 unspecified atom stereocenters. The van der Waals surface area contributed by atoms with Crippen LogP contribution in [0.5, 0.6) is 0 Å². The Balaban J connectivity index is 2.46.